The predicted octanol–water partition coefficient (Wildman–Crippen LogP) is 0.531. The maximum Gasteiger partial charge on any atom is 0.338 e. The van der Waals surface area contributed by atoms with Crippen LogP contribution in [0.15, 0.2) is 15.7 Å². The van der Waals surface area contributed by atoms with Crippen LogP contribution in [0.1, 0.15) is 21.5 Å². The highest BCUT2D eigenvalue weighted by Crippen LogP contribution is 2.20. The minimum absolute atomic E-state index is 0.00773. The average Bonchev–Trinajstić information content (AvgIpc) is 2.23. The molecule has 0 saturated carbocycles. The number of carbonyl (C=O) groups is 1. The molecule has 1 aromatic heterocycles. The Kier molecular flexibility index (Phi) is 2.35. The minimum atomic E-state index is -1.14. The third-order valence-electron chi connectivity index (χ3n) is 2.75. The first-order valence-corrected chi connectivity index (χ1v) is 4.91. The summed E-state index contributed by atoms with van der Waals surface area (Å²) in [6.45, 7) is 3.40. The van der Waals surface area contributed by atoms with Gasteiger partial charge in [0.1, 0.15) is 0 Å². The van der Waals surface area contributed by atoms with Crippen LogP contribution in [0.25, 0.3) is 11.0 Å². The van der Waals surface area contributed by atoms with Crippen molar-refractivity contribution >= 4 is 17.0 Å². The van der Waals surface area contributed by atoms with Crippen LogP contribution >= 0.6 is 0 Å². The quantitative estimate of drug-likeness (QED) is 0.626. The van der Waals surface area contributed by atoms with Gasteiger partial charge in [0.2, 0.25) is 0 Å². The van der Waals surface area contributed by atoms with E-state index in [0.717, 1.165) is 5.56 Å². The van der Waals surface area contributed by atoms with Crippen molar-refractivity contribution < 1.29 is 9.90 Å². The minimum Gasteiger partial charge on any atom is -0.478 e. The summed E-state index contributed by atoms with van der Waals surface area (Å²) in [4.78, 5) is 38.2. The zero-order valence-corrected chi connectivity index (χ0v) is 9.25. The summed E-state index contributed by atoms with van der Waals surface area (Å²) in [6.07, 6.45) is 0. The zero-order chi connectivity index (χ0) is 12.7. The van der Waals surface area contributed by atoms with E-state index in [1.54, 1.807) is 19.9 Å². The second-order valence-electron chi connectivity index (χ2n) is 3.83. The lowest BCUT2D eigenvalue weighted by Crippen LogP contribution is -2.29. The summed E-state index contributed by atoms with van der Waals surface area (Å²) in [5, 5.41) is 9.13. The molecule has 2 rings (SSSR count). The van der Waals surface area contributed by atoms with Crippen molar-refractivity contribution in [1.82, 2.24) is 9.97 Å². The van der Waals surface area contributed by atoms with Crippen LogP contribution in [-0.4, -0.2) is 21.0 Å². The van der Waals surface area contributed by atoms with Crippen molar-refractivity contribution in [2.75, 3.05) is 0 Å². The van der Waals surface area contributed by atoms with E-state index in [-0.39, 0.29) is 11.1 Å². The lowest BCUT2D eigenvalue weighted by Gasteiger charge is -2.08. The molecular formula is C11H10N2O4. The molecule has 1 aromatic carbocycles. The third kappa shape index (κ3) is 1.63. The van der Waals surface area contributed by atoms with Gasteiger partial charge in [-0.25, -0.2) is 4.79 Å². The number of rotatable bonds is 1. The van der Waals surface area contributed by atoms with Crippen molar-refractivity contribution in [2.45, 2.75) is 13.8 Å². The maximum atomic E-state index is 11.2. The molecule has 17 heavy (non-hydrogen) atoms. The molecule has 0 spiro atoms. The second-order valence-corrected chi connectivity index (χ2v) is 3.83. The summed E-state index contributed by atoms with van der Waals surface area (Å²) in [6, 6.07) is 1.63. The molecule has 0 fully saturated rings. The number of fused-ring (bicyclic) bond motifs is 1. The first-order chi connectivity index (χ1) is 7.91. The van der Waals surface area contributed by atoms with Crippen LogP contribution in [0.3, 0.4) is 0 Å². The molecule has 0 radical (unpaired) electrons. The van der Waals surface area contributed by atoms with Gasteiger partial charge in [0.25, 0.3) is 0 Å². The maximum absolute atomic E-state index is 11.2. The van der Waals surface area contributed by atoms with E-state index in [0.29, 0.717) is 11.1 Å². The molecule has 2 aromatic rings. The Labute approximate surface area is 94.9 Å². The largest absolute Gasteiger partial charge is 0.478 e. The van der Waals surface area contributed by atoms with Gasteiger partial charge in [0.15, 0.2) is 0 Å². The number of H-pyrrole nitrogens is 2. The Balaban J connectivity index is 3.09. The molecule has 0 unspecified atom stereocenters. The fraction of sp³-hybridized carbons (Fsp3) is 0.182. The second kappa shape index (κ2) is 3.58. The summed E-state index contributed by atoms with van der Waals surface area (Å²) in [7, 11) is 0. The topological polar surface area (TPSA) is 103 Å². The summed E-state index contributed by atoms with van der Waals surface area (Å²) in [5.74, 6) is -1.14. The first kappa shape index (κ1) is 11.1. The molecule has 6 heteroatoms. The van der Waals surface area contributed by atoms with Gasteiger partial charge in [0, 0.05) is 0 Å². The molecular weight excluding hydrogens is 224 g/mol. The van der Waals surface area contributed by atoms with E-state index in [9.17, 15) is 14.4 Å². The van der Waals surface area contributed by atoms with Crippen molar-refractivity contribution in [2.24, 2.45) is 0 Å². The Morgan fingerprint density at radius 3 is 2.35 bits per heavy atom. The molecule has 3 N–H and O–H groups in total. The van der Waals surface area contributed by atoms with Crippen molar-refractivity contribution in [3.8, 4) is 0 Å². The Morgan fingerprint density at radius 2 is 1.76 bits per heavy atom. The lowest BCUT2D eigenvalue weighted by atomic mass is 10.0. The SMILES string of the molecule is Cc1cc2[nH]c(=O)c(=O)[nH]c2c(C(=O)O)c1C. The van der Waals surface area contributed by atoms with Crippen LogP contribution in [-0.2, 0) is 0 Å². The van der Waals surface area contributed by atoms with Gasteiger partial charge in [0.05, 0.1) is 16.6 Å². The molecule has 0 bridgehead atoms. The Morgan fingerprint density at radius 1 is 1.18 bits per heavy atom. The predicted molar refractivity (Wildman–Crippen MR) is 61.6 cm³/mol. The van der Waals surface area contributed by atoms with Gasteiger partial charge in [-0.2, -0.15) is 0 Å². The number of hydrogen-bond acceptors (Lipinski definition) is 3. The molecule has 0 saturated heterocycles. The van der Waals surface area contributed by atoms with Crippen LogP contribution < -0.4 is 11.1 Å². The summed E-state index contributed by atoms with van der Waals surface area (Å²) < 4.78 is 0. The highest BCUT2D eigenvalue weighted by Gasteiger charge is 2.16. The number of hydrogen-bond donors (Lipinski definition) is 3. The molecule has 1 heterocycles. The lowest BCUT2D eigenvalue weighted by molar-refractivity contribution is 0.0698. The number of nitrogens with one attached hydrogen (secondary N) is 2. The van der Waals surface area contributed by atoms with Gasteiger partial charge >= 0.3 is 17.1 Å². The van der Waals surface area contributed by atoms with Gasteiger partial charge in [-0.1, -0.05) is 0 Å². The number of aromatic carboxylic acids is 1. The standard InChI is InChI=1S/C11H10N2O4/c1-4-3-6-8(7(5(4)2)11(16)17)13-10(15)9(14)12-6/h3H,1-2H3,(H,12,14)(H,13,15)(H,16,17). The first-order valence-electron chi connectivity index (χ1n) is 4.91. The van der Waals surface area contributed by atoms with Crippen molar-refractivity contribution in [1.29, 1.82) is 0 Å². The fourth-order valence-electron chi connectivity index (χ4n) is 1.76. The fourth-order valence-corrected chi connectivity index (χ4v) is 1.76. The van der Waals surface area contributed by atoms with Gasteiger partial charge < -0.3 is 15.1 Å². The van der Waals surface area contributed by atoms with Gasteiger partial charge in [-0.15, -0.1) is 0 Å². The molecule has 88 valence electrons. The van der Waals surface area contributed by atoms with E-state index in [4.69, 9.17) is 5.11 Å². The molecule has 0 aliphatic carbocycles. The normalized spacial score (nSPS) is 10.7. The molecule has 6 nitrogen and oxygen atoms in total. The number of carboxylic acids is 1. The van der Waals surface area contributed by atoms with E-state index >= 15 is 0 Å². The number of carboxylic acid groups (broad SMARTS) is 1. The number of benzene rings is 1. The number of aryl methyl sites for hydroxylation is 1. The van der Waals surface area contributed by atoms with Crippen LogP contribution in [0.2, 0.25) is 0 Å². The molecule has 0 aliphatic heterocycles. The summed E-state index contributed by atoms with van der Waals surface area (Å²) >= 11 is 0. The molecule has 0 aliphatic rings. The van der Waals surface area contributed by atoms with Crippen LogP contribution in [0.5, 0.6) is 0 Å². The smallest absolute Gasteiger partial charge is 0.338 e. The Hall–Kier alpha value is -2.37. The van der Waals surface area contributed by atoms with Crippen molar-refractivity contribution in [3.05, 3.63) is 43.5 Å². The summed E-state index contributed by atoms with van der Waals surface area (Å²) in [5.41, 5.74) is 0.110. The van der Waals surface area contributed by atoms with E-state index in [2.05, 4.69) is 9.97 Å². The molecule has 0 amide bonds. The highest BCUT2D eigenvalue weighted by atomic mass is 16.4. The van der Waals surface area contributed by atoms with Crippen LogP contribution in [0.4, 0.5) is 0 Å². The third-order valence-corrected chi connectivity index (χ3v) is 2.75. The highest BCUT2D eigenvalue weighted by molar-refractivity contribution is 6.02. The number of aromatic nitrogens is 2. The van der Waals surface area contributed by atoms with Gasteiger partial charge in [-0.05, 0) is 31.0 Å². The Bertz CT molecular complexity index is 739. The zero-order valence-electron chi connectivity index (χ0n) is 9.25. The van der Waals surface area contributed by atoms with Crippen LogP contribution in [0, 0.1) is 13.8 Å². The van der Waals surface area contributed by atoms with Gasteiger partial charge in [-0.3, -0.25) is 9.59 Å². The van der Waals surface area contributed by atoms with E-state index in [1.807, 2.05) is 0 Å². The molecule has 0 atom stereocenters. The van der Waals surface area contributed by atoms with E-state index in [1.165, 1.54) is 0 Å². The van der Waals surface area contributed by atoms with E-state index < -0.39 is 17.1 Å². The average molecular weight is 234 g/mol. The number of aromatic amines is 2. The monoisotopic (exact) mass is 234 g/mol. The van der Waals surface area contributed by atoms with Crippen molar-refractivity contribution in [3.63, 3.8) is 0 Å².